The molecule has 3 nitrogen and oxygen atoms in total. The number of carbonyl (C=O) groups excluding carboxylic acids is 1. The zero-order valence-electron chi connectivity index (χ0n) is 11.3. The second-order valence-corrected chi connectivity index (χ2v) is 6.02. The molecule has 0 aromatic carbocycles. The summed E-state index contributed by atoms with van der Waals surface area (Å²) < 4.78 is 0. The maximum Gasteiger partial charge on any atom is 0.252 e. The predicted molar refractivity (Wildman–Crippen MR) is 70.0 cm³/mol. The first-order valence-corrected chi connectivity index (χ1v) is 6.94. The Labute approximate surface area is 104 Å². The van der Waals surface area contributed by atoms with Gasteiger partial charge in [-0.25, -0.2) is 0 Å². The van der Waals surface area contributed by atoms with Crippen LogP contribution in [0.3, 0.4) is 0 Å². The molecule has 1 aliphatic carbocycles. The molecule has 1 fully saturated rings. The van der Waals surface area contributed by atoms with Crippen molar-refractivity contribution in [3.8, 4) is 0 Å². The van der Waals surface area contributed by atoms with Crippen molar-refractivity contribution in [3.63, 3.8) is 0 Å². The summed E-state index contributed by atoms with van der Waals surface area (Å²) in [7, 11) is 0. The van der Waals surface area contributed by atoms with E-state index in [1.54, 1.807) is 0 Å². The van der Waals surface area contributed by atoms with Crippen LogP contribution >= 0.6 is 0 Å². The maximum atomic E-state index is 11.7. The zero-order chi connectivity index (χ0) is 12.5. The summed E-state index contributed by atoms with van der Waals surface area (Å²) in [5, 5.41) is 2.97. The molecule has 96 valence electrons. The van der Waals surface area contributed by atoms with Crippen molar-refractivity contribution >= 4 is 11.7 Å². The lowest BCUT2D eigenvalue weighted by atomic mass is 9.79. The normalized spacial score (nSPS) is 32.2. The van der Waals surface area contributed by atoms with Gasteiger partial charge in [-0.3, -0.25) is 9.79 Å². The van der Waals surface area contributed by atoms with Gasteiger partial charge >= 0.3 is 0 Å². The lowest BCUT2D eigenvalue weighted by Crippen LogP contribution is -2.37. The Hall–Kier alpha value is -0.860. The van der Waals surface area contributed by atoms with Gasteiger partial charge in [0.15, 0.2) is 0 Å². The molecule has 1 amide bonds. The molecule has 1 N–H and O–H groups in total. The molecular weight excluding hydrogens is 212 g/mol. The Kier molecular flexibility index (Phi) is 3.55. The highest BCUT2D eigenvalue weighted by molar-refractivity contribution is 6.08. The molecule has 0 aromatic heterocycles. The molecule has 1 aliphatic heterocycles. The molecule has 3 heteroatoms. The Morgan fingerprint density at radius 3 is 2.41 bits per heavy atom. The van der Waals surface area contributed by atoms with Crippen molar-refractivity contribution in [2.24, 2.45) is 16.8 Å². The van der Waals surface area contributed by atoms with Crippen molar-refractivity contribution in [1.82, 2.24) is 5.32 Å². The van der Waals surface area contributed by atoms with Crippen LogP contribution in [0.15, 0.2) is 4.99 Å². The third-order valence-corrected chi connectivity index (χ3v) is 4.13. The number of nitrogens with zero attached hydrogens (tertiary/aromatic N) is 1. The highest BCUT2D eigenvalue weighted by Crippen LogP contribution is 2.33. The average molecular weight is 236 g/mol. The number of amides is 1. The standard InChI is InChI=1S/C14H24N2O/c1-4-5-10-6-8-11(9-7-10)12-15-13(17)14(2,3)16-12/h10-11H,4-9H2,1-3H3,(H,15,16,17). The van der Waals surface area contributed by atoms with E-state index in [0.29, 0.717) is 5.92 Å². The van der Waals surface area contributed by atoms with Gasteiger partial charge in [0.2, 0.25) is 0 Å². The van der Waals surface area contributed by atoms with E-state index < -0.39 is 5.54 Å². The third-order valence-electron chi connectivity index (χ3n) is 4.13. The van der Waals surface area contributed by atoms with E-state index in [1.165, 1.54) is 38.5 Å². The number of hydrogen-bond donors (Lipinski definition) is 1. The Morgan fingerprint density at radius 2 is 1.94 bits per heavy atom. The zero-order valence-corrected chi connectivity index (χ0v) is 11.3. The van der Waals surface area contributed by atoms with Gasteiger partial charge in [0, 0.05) is 5.92 Å². The summed E-state index contributed by atoms with van der Waals surface area (Å²) in [5.74, 6) is 2.41. The highest BCUT2D eigenvalue weighted by atomic mass is 16.2. The number of amidine groups is 1. The third kappa shape index (κ3) is 2.70. The van der Waals surface area contributed by atoms with Crippen LogP contribution in [0, 0.1) is 11.8 Å². The molecule has 2 rings (SSSR count). The first-order chi connectivity index (χ1) is 8.03. The van der Waals surface area contributed by atoms with Crippen LogP contribution in [0.2, 0.25) is 0 Å². The number of hydrogen-bond acceptors (Lipinski definition) is 2. The van der Waals surface area contributed by atoms with Crippen LogP contribution in [0.5, 0.6) is 0 Å². The largest absolute Gasteiger partial charge is 0.312 e. The number of aliphatic imine (C=N–C) groups is 1. The fraction of sp³-hybridized carbons (Fsp3) is 0.857. The Balaban J connectivity index is 1.92. The van der Waals surface area contributed by atoms with E-state index >= 15 is 0 Å². The Morgan fingerprint density at radius 1 is 1.29 bits per heavy atom. The van der Waals surface area contributed by atoms with Crippen LogP contribution < -0.4 is 5.32 Å². The molecule has 0 saturated heterocycles. The van der Waals surface area contributed by atoms with Crippen LogP contribution in [-0.4, -0.2) is 17.3 Å². The minimum Gasteiger partial charge on any atom is -0.312 e. The lowest BCUT2D eigenvalue weighted by Gasteiger charge is -2.28. The molecule has 2 aliphatic rings. The van der Waals surface area contributed by atoms with Gasteiger partial charge in [-0.1, -0.05) is 19.8 Å². The smallest absolute Gasteiger partial charge is 0.252 e. The van der Waals surface area contributed by atoms with Gasteiger partial charge in [-0.15, -0.1) is 0 Å². The molecule has 0 radical (unpaired) electrons. The maximum absolute atomic E-state index is 11.7. The first-order valence-electron chi connectivity index (χ1n) is 6.94. The molecule has 0 spiro atoms. The van der Waals surface area contributed by atoms with E-state index in [-0.39, 0.29) is 5.91 Å². The van der Waals surface area contributed by atoms with Crippen LogP contribution in [-0.2, 0) is 4.79 Å². The quantitative estimate of drug-likeness (QED) is 0.804. The topological polar surface area (TPSA) is 41.5 Å². The van der Waals surface area contributed by atoms with Gasteiger partial charge in [0.1, 0.15) is 11.4 Å². The average Bonchev–Trinajstić information content (AvgIpc) is 2.55. The van der Waals surface area contributed by atoms with Gasteiger partial charge in [0.25, 0.3) is 5.91 Å². The molecule has 1 heterocycles. The molecule has 0 atom stereocenters. The summed E-state index contributed by atoms with van der Waals surface area (Å²) >= 11 is 0. The van der Waals surface area contributed by atoms with E-state index in [4.69, 9.17) is 0 Å². The van der Waals surface area contributed by atoms with Gasteiger partial charge in [-0.2, -0.15) is 0 Å². The SMILES string of the molecule is CCCC1CCC(C2=NC(C)(C)C(=O)N2)CC1. The van der Waals surface area contributed by atoms with E-state index in [9.17, 15) is 4.79 Å². The fourth-order valence-corrected chi connectivity index (χ4v) is 2.98. The molecule has 0 unspecified atom stereocenters. The van der Waals surface area contributed by atoms with Crippen molar-refractivity contribution in [1.29, 1.82) is 0 Å². The van der Waals surface area contributed by atoms with E-state index in [0.717, 1.165) is 11.8 Å². The van der Waals surface area contributed by atoms with Crippen molar-refractivity contribution < 1.29 is 4.79 Å². The highest BCUT2D eigenvalue weighted by Gasteiger charge is 2.37. The van der Waals surface area contributed by atoms with Crippen LogP contribution in [0.1, 0.15) is 59.3 Å². The summed E-state index contributed by atoms with van der Waals surface area (Å²) in [4.78, 5) is 16.2. The number of rotatable bonds is 3. The number of carbonyl (C=O) groups is 1. The van der Waals surface area contributed by atoms with E-state index in [1.807, 2.05) is 13.8 Å². The molecule has 0 bridgehead atoms. The molecule has 17 heavy (non-hydrogen) atoms. The van der Waals surface area contributed by atoms with Gasteiger partial charge in [0.05, 0.1) is 0 Å². The van der Waals surface area contributed by atoms with Crippen molar-refractivity contribution in [2.75, 3.05) is 0 Å². The fourth-order valence-electron chi connectivity index (χ4n) is 2.98. The summed E-state index contributed by atoms with van der Waals surface area (Å²) in [6.45, 7) is 6.03. The molecule has 0 aromatic rings. The minimum atomic E-state index is -0.546. The van der Waals surface area contributed by atoms with Crippen LogP contribution in [0.4, 0.5) is 0 Å². The minimum absolute atomic E-state index is 0.0585. The summed E-state index contributed by atoms with van der Waals surface area (Å²) in [5.41, 5.74) is -0.546. The lowest BCUT2D eigenvalue weighted by molar-refractivity contribution is -0.122. The van der Waals surface area contributed by atoms with Gasteiger partial charge < -0.3 is 5.32 Å². The Bertz CT molecular complexity index is 325. The van der Waals surface area contributed by atoms with Crippen molar-refractivity contribution in [3.05, 3.63) is 0 Å². The predicted octanol–water partition coefficient (Wildman–Crippen LogP) is 2.90. The van der Waals surface area contributed by atoms with Gasteiger partial charge in [-0.05, 0) is 45.4 Å². The number of nitrogens with one attached hydrogen (secondary N) is 1. The monoisotopic (exact) mass is 236 g/mol. The summed E-state index contributed by atoms with van der Waals surface area (Å²) in [6, 6.07) is 0. The molecular formula is C14H24N2O. The molecule has 1 saturated carbocycles. The first kappa shape index (κ1) is 12.6. The second kappa shape index (κ2) is 4.79. The van der Waals surface area contributed by atoms with E-state index in [2.05, 4.69) is 17.2 Å². The summed E-state index contributed by atoms with van der Waals surface area (Å²) in [6.07, 6.45) is 7.64. The van der Waals surface area contributed by atoms with Crippen LogP contribution in [0.25, 0.3) is 0 Å². The van der Waals surface area contributed by atoms with Crippen molar-refractivity contribution in [2.45, 2.75) is 64.8 Å². The second-order valence-electron chi connectivity index (χ2n) is 6.02.